The maximum Gasteiger partial charge on any atom is 0.338 e. The number of hydrogen-bond acceptors (Lipinski definition) is 5. The van der Waals surface area contributed by atoms with E-state index in [9.17, 15) is 9.59 Å². The SMILES string of the molecule is CC(C)(C)OC(=O)c1ccc(/C=C/C(=O)Nc2ccc(Cl)cn2)c(N)c1. The first-order valence-corrected chi connectivity index (χ1v) is 8.25. The normalized spacial score (nSPS) is 11.4. The molecule has 0 aliphatic rings. The standard InChI is InChI=1S/C19H20ClN3O3/c1-19(2,3)26-18(25)13-5-4-12(15(21)10-13)6-9-17(24)23-16-8-7-14(20)11-22-16/h4-11H,21H2,1-3H3,(H,22,23,24)/b9-6+. The molecule has 0 atom stereocenters. The average molecular weight is 374 g/mol. The predicted octanol–water partition coefficient (Wildman–Crippen LogP) is 3.92. The summed E-state index contributed by atoms with van der Waals surface area (Å²) in [5.41, 5.74) is 6.70. The van der Waals surface area contributed by atoms with Crippen LogP contribution in [0, 0.1) is 0 Å². The number of aromatic nitrogens is 1. The molecule has 6 nitrogen and oxygen atoms in total. The van der Waals surface area contributed by atoms with Crippen molar-refractivity contribution in [1.82, 2.24) is 4.98 Å². The molecule has 0 fully saturated rings. The number of halogens is 1. The van der Waals surface area contributed by atoms with E-state index in [0.29, 0.717) is 27.7 Å². The van der Waals surface area contributed by atoms with E-state index in [-0.39, 0.29) is 5.91 Å². The summed E-state index contributed by atoms with van der Waals surface area (Å²) in [5.74, 6) is -0.431. The summed E-state index contributed by atoms with van der Waals surface area (Å²) in [6.45, 7) is 5.37. The van der Waals surface area contributed by atoms with Gasteiger partial charge in [-0.3, -0.25) is 4.79 Å². The number of amides is 1. The second kappa shape index (κ2) is 8.01. The Labute approximate surface area is 157 Å². The molecule has 2 aromatic rings. The van der Waals surface area contributed by atoms with Gasteiger partial charge in [-0.15, -0.1) is 0 Å². The van der Waals surface area contributed by atoms with Crippen LogP contribution in [0.3, 0.4) is 0 Å². The van der Waals surface area contributed by atoms with Gasteiger partial charge in [0, 0.05) is 18.0 Å². The Balaban J connectivity index is 2.04. The molecule has 1 heterocycles. The molecule has 1 aromatic heterocycles. The summed E-state index contributed by atoms with van der Waals surface area (Å²) in [5, 5.41) is 3.09. The van der Waals surface area contributed by atoms with Crippen molar-refractivity contribution in [1.29, 1.82) is 0 Å². The fraction of sp³-hybridized carbons (Fsp3) is 0.211. The van der Waals surface area contributed by atoms with Gasteiger partial charge in [-0.05, 0) is 56.7 Å². The maximum absolute atomic E-state index is 12.0. The van der Waals surface area contributed by atoms with Gasteiger partial charge in [-0.2, -0.15) is 0 Å². The van der Waals surface area contributed by atoms with Gasteiger partial charge in [0.15, 0.2) is 0 Å². The van der Waals surface area contributed by atoms with Crippen molar-refractivity contribution >= 4 is 41.1 Å². The lowest BCUT2D eigenvalue weighted by Gasteiger charge is -2.19. The number of nitrogens with one attached hydrogen (secondary N) is 1. The van der Waals surface area contributed by atoms with Crippen molar-refractivity contribution in [2.45, 2.75) is 26.4 Å². The summed E-state index contributed by atoms with van der Waals surface area (Å²) in [7, 11) is 0. The minimum Gasteiger partial charge on any atom is -0.456 e. The molecule has 0 spiro atoms. The molecule has 0 saturated heterocycles. The monoisotopic (exact) mass is 373 g/mol. The largest absolute Gasteiger partial charge is 0.456 e. The van der Waals surface area contributed by atoms with Crippen LogP contribution in [-0.4, -0.2) is 22.5 Å². The third kappa shape index (κ3) is 5.89. The molecule has 7 heteroatoms. The number of ether oxygens (including phenoxy) is 1. The van der Waals surface area contributed by atoms with Crippen molar-refractivity contribution in [2.75, 3.05) is 11.1 Å². The molecule has 0 saturated carbocycles. The highest BCUT2D eigenvalue weighted by molar-refractivity contribution is 6.30. The molecule has 1 aromatic carbocycles. The Morgan fingerprint density at radius 2 is 1.96 bits per heavy atom. The van der Waals surface area contributed by atoms with Crippen LogP contribution in [0.4, 0.5) is 11.5 Å². The van der Waals surface area contributed by atoms with E-state index in [1.807, 2.05) is 0 Å². The lowest BCUT2D eigenvalue weighted by molar-refractivity contribution is -0.111. The van der Waals surface area contributed by atoms with E-state index in [1.54, 1.807) is 51.1 Å². The lowest BCUT2D eigenvalue weighted by Crippen LogP contribution is -2.23. The van der Waals surface area contributed by atoms with E-state index in [0.717, 1.165) is 0 Å². The van der Waals surface area contributed by atoms with Gasteiger partial charge < -0.3 is 15.8 Å². The molecular weight excluding hydrogens is 354 g/mol. The number of esters is 1. The van der Waals surface area contributed by atoms with E-state index in [2.05, 4.69) is 10.3 Å². The quantitative estimate of drug-likeness (QED) is 0.481. The lowest BCUT2D eigenvalue weighted by atomic mass is 10.1. The number of pyridine rings is 1. The van der Waals surface area contributed by atoms with Crippen LogP contribution in [0.5, 0.6) is 0 Å². The first-order valence-electron chi connectivity index (χ1n) is 7.87. The van der Waals surface area contributed by atoms with E-state index < -0.39 is 11.6 Å². The van der Waals surface area contributed by atoms with Gasteiger partial charge >= 0.3 is 5.97 Å². The van der Waals surface area contributed by atoms with E-state index >= 15 is 0 Å². The van der Waals surface area contributed by atoms with Gasteiger partial charge in [-0.1, -0.05) is 17.7 Å². The fourth-order valence-electron chi connectivity index (χ4n) is 1.97. The second-order valence-electron chi connectivity index (χ2n) is 6.53. The number of anilines is 2. The predicted molar refractivity (Wildman–Crippen MR) is 103 cm³/mol. The highest BCUT2D eigenvalue weighted by Crippen LogP contribution is 2.19. The van der Waals surface area contributed by atoms with Crippen LogP contribution in [0.15, 0.2) is 42.6 Å². The number of nitrogens with zero attached hydrogens (tertiary/aromatic N) is 1. The Kier molecular flexibility index (Phi) is 6.00. The second-order valence-corrected chi connectivity index (χ2v) is 6.97. The van der Waals surface area contributed by atoms with Crippen LogP contribution < -0.4 is 11.1 Å². The molecule has 3 N–H and O–H groups in total. The van der Waals surface area contributed by atoms with Crippen LogP contribution in [0.25, 0.3) is 6.08 Å². The molecule has 2 rings (SSSR count). The van der Waals surface area contributed by atoms with Gasteiger partial charge in [0.1, 0.15) is 11.4 Å². The first-order chi connectivity index (χ1) is 12.1. The van der Waals surface area contributed by atoms with Crippen LogP contribution >= 0.6 is 11.6 Å². The van der Waals surface area contributed by atoms with Crippen molar-refractivity contribution in [3.63, 3.8) is 0 Å². The molecule has 26 heavy (non-hydrogen) atoms. The Morgan fingerprint density at radius 1 is 1.23 bits per heavy atom. The molecule has 136 valence electrons. The van der Waals surface area contributed by atoms with E-state index in [1.165, 1.54) is 18.3 Å². The summed E-state index contributed by atoms with van der Waals surface area (Å²) in [6.07, 6.45) is 4.32. The molecule has 0 aliphatic heterocycles. The Hall–Kier alpha value is -2.86. The van der Waals surface area contributed by atoms with Crippen molar-refractivity contribution in [2.24, 2.45) is 0 Å². The molecule has 0 aliphatic carbocycles. The minimum atomic E-state index is -0.585. The van der Waals surface area contributed by atoms with E-state index in [4.69, 9.17) is 22.1 Å². The molecule has 0 unspecified atom stereocenters. The molecule has 1 amide bonds. The van der Waals surface area contributed by atoms with Gasteiger partial charge in [0.25, 0.3) is 0 Å². The maximum atomic E-state index is 12.0. The first kappa shape index (κ1) is 19.5. The van der Waals surface area contributed by atoms with Crippen LogP contribution in [-0.2, 0) is 9.53 Å². The highest BCUT2D eigenvalue weighted by Gasteiger charge is 2.18. The zero-order chi connectivity index (χ0) is 19.3. The molecular formula is C19H20ClN3O3. The summed E-state index contributed by atoms with van der Waals surface area (Å²) < 4.78 is 5.30. The number of nitrogen functional groups attached to an aromatic ring is 1. The van der Waals surface area contributed by atoms with Crippen molar-refractivity contribution in [3.05, 3.63) is 58.8 Å². The van der Waals surface area contributed by atoms with Crippen molar-refractivity contribution < 1.29 is 14.3 Å². The average Bonchev–Trinajstić information content (AvgIpc) is 2.54. The topological polar surface area (TPSA) is 94.3 Å². The number of carbonyl (C=O) groups excluding carboxylic acids is 2. The zero-order valence-corrected chi connectivity index (χ0v) is 15.5. The zero-order valence-electron chi connectivity index (χ0n) is 14.7. The van der Waals surface area contributed by atoms with Gasteiger partial charge in [-0.25, -0.2) is 9.78 Å². The fourth-order valence-corrected chi connectivity index (χ4v) is 2.09. The highest BCUT2D eigenvalue weighted by atomic mass is 35.5. The van der Waals surface area contributed by atoms with Gasteiger partial charge in [0.05, 0.1) is 10.6 Å². The Morgan fingerprint density at radius 3 is 2.54 bits per heavy atom. The number of nitrogens with two attached hydrogens (primary N) is 1. The number of rotatable bonds is 4. The number of benzene rings is 1. The molecule has 0 radical (unpaired) electrons. The van der Waals surface area contributed by atoms with Gasteiger partial charge in [0.2, 0.25) is 5.91 Å². The van der Waals surface area contributed by atoms with Crippen LogP contribution in [0.2, 0.25) is 5.02 Å². The van der Waals surface area contributed by atoms with Crippen molar-refractivity contribution in [3.8, 4) is 0 Å². The van der Waals surface area contributed by atoms with Crippen LogP contribution in [0.1, 0.15) is 36.7 Å². The minimum absolute atomic E-state index is 0.351. The number of carbonyl (C=O) groups is 2. The smallest absolute Gasteiger partial charge is 0.338 e. The third-order valence-electron chi connectivity index (χ3n) is 3.11. The third-order valence-corrected chi connectivity index (χ3v) is 3.34. The molecule has 0 bridgehead atoms. The Bertz CT molecular complexity index is 840. The summed E-state index contributed by atoms with van der Waals surface area (Å²) >= 11 is 5.74. The number of hydrogen-bond donors (Lipinski definition) is 2. The summed E-state index contributed by atoms with van der Waals surface area (Å²) in [4.78, 5) is 27.9. The summed E-state index contributed by atoms with van der Waals surface area (Å²) in [6, 6.07) is 7.99.